The molecule has 0 radical (unpaired) electrons. The minimum atomic E-state index is -0.102. The molecule has 146 valence electrons. The molecule has 1 atom stereocenters. The molecule has 1 aliphatic heterocycles. The lowest BCUT2D eigenvalue weighted by molar-refractivity contribution is -0.131. The highest BCUT2D eigenvalue weighted by Gasteiger charge is 2.29. The van der Waals surface area contributed by atoms with E-state index in [0.29, 0.717) is 13.0 Å². The molecule has 1 amide bonds. The average Bonchev–Trinajstić information content (AvgIpc) is 2.68. The summed E-state index contributed by atoms with van der Waals surface area (Å²) in [6.45, 7) is 5.26. The molecule has 27 heavy (non-hydrogen) atoms. The van der Waals surface area contributed by atoms with E-state index in [2.05, 4.69) is 6.08 Å². The van der Waals surface area contributed by atoms with E-state index in [9.17, 15) is 9.59 Å². The Hall–Kier alpha value is -2.10. The van der Waals surface area contributed by atoms with Crippen molar-refractivity contribution in [3.8, 4) is 5.75 Å². The summed E-state index contributed by atoms with van der Waals surface area (Å²) in [7, 11) is 1.66. The fourth-order valence-corrected chi connectivity index (χ4v) is 4.44. The number of hydrogen-bond acceptors (Lipinski definition) is 3. The number of aryl methyl sites for hydroxylation is 2. The van der Waals surface area contributed by atoms with Gasteiger partial charge in [0.1, 0.15) is 5.75 Å². The maximum atomic E-state index is 13.1. The maximum Gasteiger partial charge on any atom is 0.226 e. The van der Waals surface area contributed by atoms with Crippen LogP contribution in [0, 0.1) is 19.8 Å². The first-order valence-corrected chi connectivity index (χ1v) is 10.1. The van der Waals surface area contributed by atoms with Crippen molar-refractivity contribution in [2.24, 2.45) is 5.92 Å². The SMILES string of the molecule is COc1c(C)cc(C(=O)C2CCCN(C(=O)CC3=CCCCC3)C2)cc1C. The molecule has 2 aliphatic rings. The van der Waals surface area contributed by atoms with Gasteiger partial charge >= 0.3 is 0 Å². The molecule has 1 aromatic carbocycles. The van der Waals surface area contributed by atoms with Crippen molar-refractivity contribution in [3.63, 3.8) is 0 Å². The number of rotatable bonds is 5. The first-order chi connectivity index (χ1) is 13.0. The molecular formula is C23H31NO3. The first-order valence-electron chi connectivity index (χ1n) is 10.1. The summed E-state index contributed by atoms with van der Waals surface area (Å²) in [5.74, 6) is 1.07. The van der Waals surface area contributed by atoms with Crippen LogP contribution >= 0.6 is 0 Å². The number of ether oxygens (including phenoxy) is 1. The highest BCUT2D eigenvalue weighted by atomic mass is 16.5. The van der Waals surface area contributed by atoms with E-state index in [1.165, 1.54) is 18.4 Å². The highest BCUT2D eigenvalue weighted by molar-refractivity contribution is 5.99. The molecule has 0 saturated carbocycles. The van der Waals surface area contributed by atoms with E-state index in [-0.39, 0.29) is 17.6 Å². The lowest BCUT2D eigenvalue weighted by Crippen LogP contribution is -2.42. The fourth-order valence-electron chi connectivity index (χ4n) is 4.44. The number of amides is 1. The zero-order valence-corrected chi connectivity index (χ0v) is 16.8. The van der Waals surface area contributed by atoms with Gasteiger partial charge in [-0.05, 0) is 75.6 Å². The van der Waals surface area contributed by atoms with Gasteiger partial charge in [0.25, 0.3) is 0 Å². The van der Waals surface area contributed by atoms with Gasteiger partial charge in [-0.2, -0.15) is 0 Å². The third-order valence-electron chi connectivity index (χ3n) is 5.86. The third-order valence-corrected chi connectivity index (χ3v) is 5.86. The Morgan fingerprint density at radius 2 is 1.89 bits per heavy atom. The zero-order chi connectivity index (χ0) is 19.4. The molecule has 1 unspecified atom stereocenters. The molecule has 4 nitrogen and oxygen atoms in total. The van der Waals surface area contributed by atoms with Gasteiger partial charge in [-0.3, -0.25) is 9.59 Å². The number of carbonyl (C=O) groups excluding carboxylic acids is 2. The van der Waals surface area contributed by atoms with Crippen molar-refractivity contribution < 1.29 is 14.3 Å². The largest absolute Gasteiger partial charge is 0.496 e. The number of piperidine rings is 1. The number of likely N-dealkylation sites (tertiary alicyclic amines) is 1. The minimum Gasteiger partial charge on any atom is -0.496 e. The Labute approximate surface area is 162 Å². The summed E-state index contributed by atoms with van der Waals surface area (Å²) in [5.41, 5.74) is 3.98. The summed E-state index contributed by atoms with van der Waals surface area (Å²) in [4.78, 5) is 27.7. The lowest BCUT2D eigenvalue weighted by Gasteiger charge is -2.32. The van der Waals surface area contributed by atoms with Crippen LogP contribution in [0.3, 0.4) is 0 Å². The molecule has 0 spiro atoms. The monoisotopic (exact) mass is 369 g/mol. The molecule has 0 N–H and O–H groups in total. The number of methoxy groups -OCH3 is 1. The van der Waals surface area contributed by atoms with Gasteiger partial charge in [0.15, 0.2) is 5.78 Å². The van der Waals surface area contributed by atoms with Gasteiger partial charge < -0.3 is 9.64 Å². The molecular weight excluding hydrogens is 338 g/mol. The molecule has 4 heteroatoms. The third kappa shape index (κ3) is 4.60. The van der Waals surface area contributed by atoms with Crippen LogP contribution in [0.15, 0.2) is 23.8 Å². The Bertz CT molecular complexity index is 727. The van der Waals surface area contributed by atoms with E-state index in [1.807, 2.05) is 30.9 Å². The van der Waals surface area contributed by atoms with E-state index >= 15 is 0 Å². The van der Waals surface area contributed by atoms with Gasteiger partial charge in [-0.1, -0.05) is 11.6 Å². The van der Waals surface area contributed by atoms with Crippen LogP contribution in [0.1, 0.15) is 66.4 Å². The van der Waals surface area contributed by atoms with E-state index in [4.69, 9.17) is 4.74 Å². The molecule has 1 aliphatic carbocycles. The number of hydrogen-bond donors (Lipinski definition) is 0. The molecule has 3 rings (SSSR count). The van der Waals surface area contributed by atoms with E-state index in [1.54, 1.807) is 7.11 Å². The van der Waals surface area contributed by atoms with Gasteiger partial charge in [0, 0.05) is 31.0 Å². The normalized spacial score (nSPS) is 20.2. The molecule has 1 fully saturated rings. The van der Waals surface area contributed by atoms with E-state index in [0.717, 1.165) is 54.7 Å². The Kier molecular flexibility index (Phi) is 6.35. The second-order valence-corrected chi connectivity index (χ2v) is 7.97. The van der Waals surface area contributed by atoms with Gasteiger partial charge in [-0.25, -0.2) is 0 Å². The standard InChI is InChI=1S/C23H31NO3/c1-16-12-20(13-17(2)23(16)27-3)22(26)19-10-7-11-24(15-19)21(25)14-18-8-5-4-6-9-18/h8,12-13,19H,4-7,9-11,14-15H2,1-3H3. The second kappa shape index (κ2) is 8.73. The number of allylic oxidation sites excluding steroid dienone is 1. The average molecular weight is 370 g/mol. The smallest absolute Gasteiger partial charge is 0.226 e. The summed E-state index contributed by atoms with van der Waals surface area (Å²) < 4.78 is 5.41. The van der Waals surface area contributed by atoms with Crippen molar-refractivity contribution in [1.29, 1.82) is 0 Å². The van der Waals surface area contributed by atoms with Gasteiger partial charge in [-0.15, -0.1) is 0 Å². The summed E-state index contributed by atoms with van der Waals surface area (Å²) in [6.07, 6.45) is 9.09. The first kappa shape index (κ1) is 19.7. The number of nitrogens with zero attached hydrogens (tertiary/aromatic N) is 1. The highest BCUT2D eigenvalue weighted by Crippen LogP contribution is 2.28. The zero-order valence-electron chi connectivity index (χ0n) is 16.8. The number of ketones is 1. The van der Waals surface area contributed by atoms with Gasteiger partial charge in [0.05, 0.1) is 7.11 Å². The Morgan fingerprint density at radius 3 is 2.52 bits per heavy atom. The molecule has 1 saturated heterocycles. The van der Waals surface area contributed by atoms with Crippen molar-refractivity contribution in [3.05, 3.63) is 40.5 Å². The van der Waals surface area contributed by atoms with Crippen molar-refractivity contribution >= 4 is 11.7 Å². The Morgan fingerprint density at radius 1 is 1.15 bits per heavy atom. The van der Waals surface area contributed by atoms with Gasteiger partial charge in [0.2, 0.25) is 5.91 Å². The molecule has 0 bridgehead atoms. The minimum absolute atomic E-state index is 0.102. The van der Waals surface area contributed by atoms with Crippen LogP contribution in [0.25, 0.3) is 0 Å². The van der Waals surface area contributed by atoms with Crippen LogP contribution in [0.2, 0.25) is 0 Å². The molecule has 0 aromatic heterocycles. The van der Waals surface area contributed by atoms with Crippen LogP contribution in [-0.4, -0.2) is 36.8 Å². The molecule has 1 heterocycles. The van der Waals surface area contributed by atoms with Crippen LogP contribution < -0.4 is 4.74 Å². The topological polar surface area (TPSA) is 46.6 Å². The number of carbonyl (C=O) groups is 2. The summed E-state index contributed by atoms with van der Waals surface area (Å²) in [5, 5.41) is 0. The fraction of sp³-hybridized carbons (Fsp3) is 0.565. The Balaban J connectivity index is 1.67. The van der Waals surface area contributed by atoms with Crippen LogP contribution in [0.5, 0.6) is 5.75 Å². The van der Waals surface area contributed by atoms with Crippen molar-refractivity contribution in [2.45, 2.75) is 58.8 Å². The van der Waals surface area contributed by atoms with Crippen molar-refractivity contribution in [1.82, 2.24) is 4.90 Å². The van der Waals surface area contributed by atoms with E-state index < -0.39 is 0 Å². The van der Waals surface area contributed by atoms with Crippen molar-refractivity contribution in [2.75, 3.05) is 20.2 Å². The number of Topliss-reactive ketones (excluding diaryl/α,β-unsaturated/α-hetero) is 1. The summed E-state index contributed by atoms with van der Waals surface area (Å²) in [6, 6.07) is 3.84. The lowest BCUT2D eigenvalue weighted by atomic mass is 9.88. The maximum absolute atomic E-state index is 13.1. The summed E-state index contributed by atoms with van der Waals surface area (Å²) >= 11 is 0. The molecule has 1 aromatic rings. The second-order valence-electron chi connectivity index (χ2n) is 7.97. The quantitative estimate of drug-likeness (QED) is 0.562. The number of benzene rings is 1. The van der Waals surface area contributed by atoms with Crippen LogP contribution in [0.4, 0.5) is 0 Å². The predicted molar refractivity (Wildman–Crippen MR) is 107 cm³/mol. The predicted octanol–water partition coefficient (Wildman–Crippen LogP) is 4.62. The van der Waals surface area contributed by atoms with Crippen LogP contribution in [-0.2, 0) is 4.79 Å².